The number of hydrogen-bond acceptors (Lipinski definition) is 4. The first-order valence-corrected chi connectivity index (χ1v) is 6.23. The van der Waals surface area contributed by atoms with Gasteiger partial charge in [0.05, 0.1) is 16.9 Å². The number of nitrogen functional groups attached to an aromatic ring is 1. The molecule has 1 aromatic heterocycles. The van der Waals surface area contributed by atoms with Gasteiger partial charge in [-0.2, -0.15) is 4.68 Å². The van der Waals surface area contributed by atoms with Crippen LogP contribution in [0.2, 0.25) is 5.02 Å². The fourth-order valence-electron chi connectivity index (χ4n) is 1.87. The second-order valence-electron chi connectivity index (χ2n) is 4.25. The highest BCUT2D eigenvalue weighted by Gasteiger charge is 2.17. The fourth-order valence-corrected chi connectivity index (χ4v) is 2.06. The smallest absolute Gasteiger partial charge is 0.190 e. The van der Waals surface area contributed by atoms with E-state index in [1.54, 1.807) is 24.3 Å². The van der Waals surface area contributed by atoms with Crippen LogP contribution in [0.5, 0.6) is 0 Å². The minimum Gasteiger partial charge on any atom is -0.396 e. The molecule has 8 heteroatoms. The molecule has 1 heterocycles. The number of nitrogens with two attached hydrogens (primary N) is 1. The van der Waals surface area contributed by atoms with E-state index in [4.69, 9.17) is 17.3 Å². The van der Waals surface area contributed by atoms with Crippen molar-refractivity contribution in [3.8, 4) is 17.1 Å². The van der Waals surface area contributed by atoms with E-state index in [0.717, 1.165) is 6.07 Å². The Morgan fingerprint density at radius 2 is 1.90 bits per heavy atom. The third-order valence-electron chi connectivity index (χ3n) is 2.85. The summed E-state index contributed by atoms with van der Waals surface area (Å²) in [7, 11) is 0. The molecule has 3 rings (SSSR count). The maximum absolute atomic E-state index is 13.9. The molecule has 0 atom stereocenters. The largest absolute Gasteiger partial charge is 0.396 e. The van der Waals surface area contributed by atoms with Gasteiger partial charge in [0.1, 0.15) is 11.6 Å². The average molecular weight is 308 g/mol. The molecule has 2 N–H and O–H groups in total. The van der Waals surface area contributed by atoms with Crippen molar-refractivity contribution in [2.24, 2.45) is 0 Å². The summed E-state index contributed by atoms with van der Waals surface area (Å²) in [6.07, 6.45) is 0. The van der Waals surface area contributed by atoms with E-state index < -0.39 is 11.6 Å². The third kappa shape index (κ3) is 2.43. The summed E-state index contributed by atoms with van der Waals surface area (Å²) in [4.78, 5) is 0. The van der Waals surface area contributed by atoms with Gasteiger partial charge in [-0.25, -0.2) is 8.78 Å². The van der Waals surface area contributed by atoms with Crippen LogP contribution < -0.4 is 5.73 Å². The normalized spacial score (nSPS) is 10.8. The number of aromatic nitrogens is 4. The molecule has 5 nitrogen and oxygen atoms in total. The first kappa shape index (κ1) is 13.4. The van der Waals surface area contributed by atoms with Gasteiger partial charge in [0.15, 0.2) is 5.82 Å². The van der Waals surface area contributed by atoms with E-state index in [1.165, 1.54) is 4.68 Å². The van der Waals surface area contributed by atoms with Crippen molar-refractivity contribution in [1.82, 2.24) is 20.2 Å². The molecular weight excluding hydrogens is 300 g/mol. The molecule has 0 unspecified atom stereocenters. The lowest BCUT2D eigenvalue weighted by Gasteiger charge is -2.07. The molecule has 0 fully saturated rings. The lowest BCUT2D eigenvalue weighted by atomic mass is 10.1. The van der Waals surface area contributed by atoms with E-state index >= 15 is 0 Å². The van der Waals surface area contributed by atoms with E-state index in [0.29, 0.717) is 16.8 Å². The second-order valence-corrected chi connectivity index (χ2v) is 4.68. The van der Waals surface area contributed by atoms with Gasteiger partial charge in [-0.1, -0.05) is 17.7 Å². The molecule has 0 spiro atoms. The van der Waals surface area contributed by atoms with Crippen LogP contribution in [-0.4, -0.2) is 20.2 Å². The zero-order chi connectivity index (χ0) is 15.0. The number of nitrogens with zero attached hydrogens (tertiary/aromatic N) is 4. The Kier molecular flexibility index (Phi) is 3.26. The Morgan fingerprint density at radius 1 is 1.10 bits per heavy atom. The van der Waals surface area contributed by atoms with E-state index in [1.807, 2.05) is 0 Å². The van der Waals surface area contributed by atoms with Gasteiger partial charge in [-0.15, -0.1) is 5.10 Å². The lowest BCUT2D eigenvalue weighted by Crippen LogP contribution is -2.02. The van der Waals surface area contributed by atoms with Crippen molar-refractivity contribution in [3.63, 3.8) is 0 Å². The molecule has 21 heavy (non-hydrogen) atoms. The van der Waals surface area contributed by atoms with Crippen LogP contribution in [0.25, 0.3) is 17.1 Å². The van der Waals surface area contributed by atoms with Crippen LogP contribution in [0.15, 0.2) is 36.4 Å². The molecular formula is C13H8ClF2N5. The van der Waals surface area contributed by atoms with Gasteiger partial charge in [0, 0.05) is 11.1 Å². The number of tetrazole rings is 1. The van der Waals surface area contributed by atoms with Crippen LogP contribution >= 0.6 is 11.6 Å². The maximum Gasteiger partial charge on any atom is 0.190 e. The van der Waals surface area contributed by atoms with Crippen molar-refractivity contribution >= 4 is 17.3 Å². The summed E-state index contributed by atoms with van der Waals surface area (Å²) in [5.41, 5.74) is 5.83. The molecule has 2 aromatic carbocycles. The Bertz CT molecular complexity index is 818. The molecule has 0 amide bonds. The SMILES string of the molecule is Nc1cc(-c2nnnn2-c2cccc(Cl)c2)c(F)cc1F. The predicted molar refractivity (Wildman–Crippen MR) is 73.9 cm³/mol. The van der Waals surface area contributed by atoms with Gasteiger partial charge in [0.2, 0.25) is 0 Å². The summed E-state index contributed by atoms with van der Waals surface area (Å²) in [5, 5.41) is 11.6. The Hall–Kier alpha value is -2.54. The zero-order valence-corrected chi connectivity index (χ0v) is 11.2. The Balaban J connectivity index is 2.18. The van der Waals surface area contributed by atoms with E-state index in [-0.39, 0.29) is 17.1 Å². The van der Waals surface area contributed by atoms with Gasteiger partial charge in [-0.05, 0) is 34.7 Å². The monoisotopic (exact) mass is 307 g/mol. The van der Waals surface area contributed by atoms with Gasteiger partial charge < -0.3 is 5.73 Å². The first-order valence-electron chi connectivity index (χ1n) is 5.85. The minimum atomic E-state index is -0.835. The maximum atomic E-state index is 13.9. The van der Waals surface area contributed by atoms with E-state index in [2.05, 4.69) is 15.5 Å². The number of rotatable bonds is 2. The standard InChI is InChI=1S/C13H8ClF2N5/c14-7-2-1-3-8(4-7)21-13(18-19-20-21)9-5-12(17)11(16)6-10(9)15/h1-6H,17H2. The van der Waals surface area contributed by atoms with Crippen molar-refractivity contribution in [1.29, 1.82) is 0 Å². The highest BCUT2D eigenvalue weighted by atomic mass is 35.5. The molecule has 0 saturated heterocycles. The molecule has 0 aliphatic rings. The topological polar surface area (TPSA) is 69.6 Å². The lowest BCUT2D eigenvalue weighted by molar-refractivity contribution is 0.587. The van der Waals surface area contributed by atoms with Crippen molar-refractivity contribution in [3.05, 3.63) is 53.1 Å². The molecule has 106 valence electrons. The number of hydrogen-bond donors (Lipinski definition) is 1. The van der Waals surface area contributed by atoms with Crippen LogP contribution in [-0.2, 0) is 0 Å². The van der Waals surface area contributed by atoms with Crippen LogP contribution in [0.3, 0.4) is 0 Å². The molecule has 0 bridgehead atoms. The predicted octanol–water partition coefficient (Wildman–Crippen LogP) is 2.84. The molecule has 0 aliphatic carbocycles. The number of halogens is 3. The summed E-state index contributed by atoms with van der Waals surface area (Å²) in [6.45, 7) is 0. The minimum absolute atomic E-state index is 0.00104. The second kappa shape index (κ2) is 5.10. The highest BCUT2D eigenvalue weighted by Crippen LogP contribution is 2.27. The van der Waals surface area contributed by atoms with Crippen LogP contribution in [0, 0.1) is 11.6 Å². The van der Waals surface area contributed by atoms with Crippen molar-refractivity contribution in [2.75, 3.05) is 5.73 Å². The Morgan fingerprint density at radius 3 is 2.67 bits per heavy atom. The molecule has 0 aliphatic heterocycles. The van der Waals surface area contributed by atoms with Crippen molar-refractivity contribution in [2.45, 2.75) is 0 Å². The fraction of sp³-hybridized carbons (Fsp3) is 0. The first-order chi connectivity index (χ1) is 10.1. The highest BCUT2D eigenvalue weighted by molar-refractivity contribution is 6.30. The molecule has 0 saturated carbocycles. The molecule has 3 aromatic rings. The average Bonchev–Trinajstić information content (AvgIpc) is 2.92. The van der Waals surface area contributed by atoms with E-state index in [9.17, 15) is 8.78 Å². The quantitative estimate of drug-likeness (QED) is 0.739. The van der Waals surface area contributed by atoms with Gasteiger partial charge in [-0.3, -0.25) is 0 Å². The summed E-state index contributed by atoms with van der Waals surface area (Å²) in [5.74, 6) is -1.54. The Labute approximate surface area is 123 Å². The summed E-state index contributed by atoms with van der Waals surface area (Å²) in [6, 6.07) is 8.56. The van der Waals surface area contributed by atoms with Gasteiger partial charge in [0.25, 0.3) is 0 Å². The number of anilines is 1. The van der Waals surface area contributed by atoms with Crippen LogP contribution in [0.4, 0.5) is 14.5 Å². The summed E-state index contributed by atoms with van der Waals surface area (Å²) < 4.78 is 28.5. The number of benzene rings is 2. The molecule has 0 radical (unpaired) electrons. The third-order valence-corrected chi connectivity index (χ3v) is 3.08. The summed E-state index contributed by atoms with van der Waals surface area (Å²) >= 11 is 5.91. The van der Waals surface area contributed by atoms with Gasteiger partial charge >= 0.3 is 0 Å². The zero-order valence-electron chi connectivity index (χ0n) is 10.5. The van der Waals surface area contributed by atoms with Crippen LogP contribution in [0.1, 0.15) is 0 Å². The van der Waals surface area contributed by atoms with Crippen molar-refractivity contribution < 1.29 is 8.78 Å².